The third kappa shape index (κ3) is 4.80. The molecule has 1 N–H and O–H groups in total. The van der Waals surface area contributed by atoms with Gasteiger partial charge in [0.2, 0.25) is 0 Å². The first kappa shape index (κ1) is 16.5. The molecule has 2 rings (SSSR count). The molecule has 0 bridgehead atoms. The number of nitrogens with one attached hydrogen (secondary N) is 1. The van der Waals surface area contributed by atoms with Gasteiger partial charge in [-0.25, -0.2) is 4.39 Å². The number of rotatable bonds is 7. The van der Waals surface area contributed by atoms with Gasteiger partial charge in [-0.1, -0.05) is 30.2 Å². The Bertz CT molecular complexity index is 458. The Balaban J connectivity index is 2.09. The summed E-state index contributed by atoms with van der Waals surface area (Å²) in [6, 6.07) is 5.48. The molecule has 0 radical (unpaired) electrons. The lowest BCUT2D eigenvalue weighted by Gasteiger charge is -2.35. The molecule has 1 aliphatic rings. The van der Waals surface area contributed by atoms with Crippen LogP contribution in [0.1, 0.15) is 37.3 Å². The Labute approximate surface area is 132 Å². The summed E-state index contributed by atoms with van der Waals surface area (Å²) >= 11 is 5.96. The van der Waals surface area contributed by atoms with E-state index in [1.165, 1.54) is 6.07 Å². The van der Waals surface area contributed by atoms with Crippen LogP contribution < -0.4 is 5.32 Å². The summed E-state index contributed by atoms with van der Waals surface area (Å²) < 4.78 is 13.4. The smallest absolute Gasteiger partial charge is 0.141 e. The van der Waals surface area contributed by atoms with E-state index < -0.39 is 0 Å². The summed E-state index contributed by atoms with van der Waals surface area (Å²) in [5, 5.41) is 3.60. The molecule has 1 fully saturated rings. The molecule has 1 saturated heterocycles. The van der Waals surface area contributed by atoms with Crippen LogP contribution in [0.2, 0.25) is 5.02 Å². The van der Waals surface area contributed by atoms with Crippen LogP contribution in [-0.2, 0) is 0 Å². The molecule has 1 aromatic carbocycles. The van der Waals surface area contributed by atoms with Crippen molar-refractivity contribution in [2.75, 3.05) is 26.2 Å². The van der Waals surface area contributed by atoms with E-state index in [1.807, 2.05) is 12.1 Å². The number of allylic oxidation sites excluding steroid dienone is 1. The topological polar surface area (TPSA) is 15.3 Å². The van der Waals surface area contributed by atoms with Gasteiger partial charge < -0.3 is 5.32 Å². The van der Waals surface area contributed by atoms with Crippen molar-refractivity contribution in [3.8, 4) is 0 Å². The lowest BCUT2D eigenvalue weighted by Crippen LogP contribution is -2.45. The molecule has 1 aliphatic heterocycles. The predicted molar refractivity (Wildman–Crippen MR) is 87.3 cm³/mol. The van der Waals surface area contributed by atoms with Gasteiger partial charge in [0.15, 0.2) is 0 Å². The zero-order valence-corrected chi connectivity index (χ0v) is 13.2. The minimum absolute atomic E-state index is 0.221. The lowest BCUT2D eigenvalue weighted by molar-refractivity contribution is 0.163. The van der Waals surface area contributed by atoms with Gasteiger partial charge >= 0.3 is 0 Å². The second kappa shape index (κ2) is 8.52. The molecule has 0 unspecified atom stereocenters. The zero-order valence-electron chi connectivity index (χ0n) is 12.5. The molecule has 0 saturated carbocycles. The van der Waals surface area contributed by atoms with E-state index in [0.717, 1.165) is 57.4 Å². The molecule has 0 aliphatic carbocycles. The molecule has 116 valence electrons. The molecule has 2 nitrogen and oxygen atoms in total. The molecule has 0 amide bonds. The van der Waals surface area contributed by atoms with Crippen LogP contribution in [0.3, 0.4) is 0 Å². The number of halogens is 2. The first-order valence-electron chi connectivity index (χ1n) is 7.73. The van der Waals surface area contributed by atoms with Crippen LogP contribution in [0.4, 0.5) is 4.39 Å². The maximum Gasteiger partial charge on any atom is 0.141 e. The van der Waals surface area contributed by atoms with Gasteiger partial charge in [0.1, 0.15) is 5.82 Å². The van der Waals surface area contributed by atoms with Gasteiger partial charge in [-0.15, -0.1) is 6.58 Å². The Morgan fingerprint density at radius 3 is 2.76 bits per heavy atom. The van der Waals surface area contributed by atoms with E-state index in [2.05, 4.69) is 16.8 Å². The molecule has 1 atom stereocenters. The van der Waals surface area contributed by atoms with E-state index in [-0.39, 0.29) is 10.8 Å². The van der Waals surface area contributed by atoms with E-state index >= 15 is 0 Å². The molecular weight excluding hydrogens is 287 g/mol. The first-order chi connectivity index (χ1) is 10.2. The fraction of sp³-hybridized carbons (Fsp3) is 0.529. The first-order valence-corrected chi connectivity index (χ1v) is 8.11. The normalized spacial score (nSPS) is 17.6. The van der Waals surface area contributed by atoms with Crippen molar-refractivity contribution < 1.29 is 4.39 Å². The molecule has 4 heteroatoms. The van der Waals surface area contributed by atoms with Crippen LogP contribution in [-0.4, -0.2) is 31.1 Å². The van der Waals surface area contributed by atoms with Crippen molar-refractivity contribution in [2.24, 2.45) is 0 Å². The average Bonchev–Trinajstić information content (AvgIpc) is 2.51. The van der Waals surface area contributed by atoms with E-state index in [1.54, 1.807) is 6.07 Å². The summed E-state index contributed by atoms with van der Waals surface area (Å²) in [4.78, 5) is 2.48. The highest BCUT2D eigenvalue weighted by Gasteiger charge is 2.22. The monoisotopic (exact) mass is 310 g/mol. The highest BCUT2D eigenvalue weighted by molar-refractivity contribution is 6.30. The van der Waals surface area contributed by atoms with E-state index in [9.17, 15) is 4.39 Å². The summed E-state index contributed by atoms with van der Waals surface area (Å²) in [5.74, 6) is -0.342. The Hall–Kier alpha value is -0.900. The average molecular weight is 311 g/mol. The number of benzene rings is 1. The largest absolute Gasteiger partial charge is 0.314 e. The quantitative estimate of drug-likeness (QED) is 0.600. The minimum atomic E-state index is -0.342. The zero-order chi connectivity index (χ0) is 15.1. The van der Waals surface area contributed by atoms with Gasteiger partial charge in [0.25, 0.3) is 0 Å². The summed E-state index contributed by atoms with van der Waals surface area (Å²) in [6.45, 7) is 7.85. The van der Waals surface area contributed by atoms with Gasteiger partial charge in [-0.3, -0.25) is 4.90 Å². The second-order valence-electron chi connectivity index (χ2n) is 5.55. The van der Waals surface area contributed by atoms with Gasteiger partial charge in [-0.05, 0) is 37.0 Å². The van der Waals surface area contributed by atoms with Crippen molar-refractivity contribution in [1.29, 1.82) is 0 Å². The minimum Gasteiger partial charge on any atom is -0.314 e. The fourth-order valence-electron chi connectivity index (χ4n) is 2.90. The third-order valence-electron chi connectivity index (χ3n) is 4.06. The van der Waals surface area contributed by atoms with Crippen LogP contribution in [0.15, 0.2) is 30.9 Å². The predicted octanol–water partition coefficient (Wildman–Crippen LogP) is 4.17. The third-order valence-corrected chi connectivity index (χ3v) is 4.35. The molecular formula is C17H24ClFN2. The number of piperazine rings is 1. The second-order valence-corrected chi connectivity index (χ2v) is 5.96. The molecule has 0 aromatic heterocycles. The van der Waals surface area contributed by atoms with Crippen molar-refractivity contribution in [1.82, 2.24) is 10.2 Å². The number of hydrogen-bond donors (Lipinski definition) is 1. The van der Waals surface area contributed by atoms with E-state index in [0.29, 0.717) is 6.04 Å². The molecule has 21 heavy (non-hydrogen) atoms. The maximum atomic E-state index is 13.4. The van der Waals surface area contributed by atoms with E-state index in [4.69, 9.17) is 11.6 Å². The fourth-order valence-corrected chi connectivity index (χ4v) is 3.09. The van der Waals surface area contributed by atoms with Crippen LogP contribution >= 0.6 is 11.6 Å². The summed E-state index contributed by atoms with van der Waals surface area (Å²) in [6.07, 6.45) is 6.40. The standard InChI is InChI=1S/C17H24ClFN2/c1-2-3-4-5-6-17(21-11-9-20-10-12-21)14-7-8-16(19)15(18)13-14/h2,7-8,13,17,20H,1,3-6,9-12H2/t17-/m1/s1. The van der Waals surface area contributed by atoms with Crippen LogP contribution in [0.25, 0.3) is 0 Å². The lowest BCUT2D eigenvalue weighted by atomic mass is 9.98. The maximum absolute atomic E-state index is 13.4. The summed E-state index contributed by atoms with van der Waals surface area (Å²) in [5.41, 5.74) is 1.13. The number of hydrogen-bond acceptors (Lipinski definition) is 2. The molecule has 0 spiro atoms. The highest BCUT2D eigenvalue weighted by atomic mass is 35.5. The Morgan fingerprint density at radius 2 is 2.10 bits per heavy atom. The van der Waals surface area contributed by atoms with Crippen molar-refractivity contribution >= 4 is 11.6 Å². The van der Waals surface area contributed by atoms with Crippen molar-refractivity contribution in [3.05, 3.63) is 47.3 Å². The van der Waals surface area contributed by atoms with Gasteiger partial charge in [-0.2, -0.15) is 0 Å². The van der Waals surface area contributed by atoms with Gasteiger partial charge in [0, 0.05) is 32.2 Å². The number of unbranched alkanes of at least 4 members (excludes halogenated alkanes) is 2. The Morgan fingerprint density at radius 1 is 1.33 bits per heavy atom. The Kier molecular flexibility index (Phi) is 6.68. The van der Waals surface area contributed by atoms with Crippen molar-refractivity contribution in [2.45, 2.75) is 31.7 Å². The SMILES string of the molecule is C=CCCCC[C@H](c1ccc(F)c(Cl)c1)N1CCNCC1. The van der Waals surface area contributed by atoms with Gasteiger partial charge in [0.05, 0.1) is 5.02 Å². The van der Waals surface area contributed by atoms with Crippen LogP contribution in [0, 0.1) is 5.82 Å². The number of nitrogens with zero attached hydrogens (tertiary/aromatic N) is 1. The molecule has 1 aromatic rings. The van der Waals surface area contributed by atoms with Crippen molar-refractivity contribution in [3.63, 3.8) is 0 Å². The highest BCUT2D eigenvalue weighted by Crippen LogP contribution is 2.29. The van der Waals surface area contributed by atoms with Crippen LogP contribution in [0.5, 0.6) is 0 Å². The summed E-state index contributed by atoms with van der Waals surface area (Å²) in [7, 11) is 0. The molecule has 1 heterocycles.